The van der Waals surface area contributed by atoms with Gasteiger partial charge in [-0.05, 0) is 24.8 Å². The second-order valence-corrected chi connectivity index (χ2v) is 8.89. The highest BCUT2D eigenvalue weighted by Gasteiger charge is 2.23. The summed E-state index contributed by atoms with van der Waals surface area (Å²) in [5.41, 5.74) is -0.393. The van der Waals surface area contributed by atoms with Gasteiger partial charge in [0.2, 0.25) is 15.9 Å². The van der Waals surface area contributed by atoms with E-state index in [0.717, 1.165) is 23.8 Å². The highest BCUT2D eigenvalue weighted by Crippen LogP contribution is 2.23. The molecule has 0 radical (unpaired) electrons. The summed E-state index contributed by atoms with van der Waals surface area (Å²) in [5, 5.41) is 2.97. The fraction of sp³-hybridized carbons (Fsp3) is 0.667. The number of nitrogens with one attached hydrogen (secondary N) is 1. The van der Waals surface area contributed by atoms with Crippen LogP contribution in [-0.4, -0.2) is 42.3 Å². The Hall–Kier alpha value is -1.67. The summed E-state index contributed by atoms with van der Waals surface area (Å²) in [4.78, 5) is 24.4. The van der Waals surface area contributed by atoms with Crippen molar-refractivity contribution >= 4 is 15.9 Å². The van der Waals surface area contributed by atoms with Crippen molar-refractivity contribution in [2.24, 2.45) is 5.92 Å². The molecule has 0 spiro atoms. The van der Waals surface area contributed by atoms with Crippen LogP contribution in [0.2, 0.25) is 0 Å². The molecule has 2 atom stereocenters. The van der Waals surface area contributed by atoms with E-state index in [-0.39, 0.29) is 23.4 Å². The zero-order chi connectivity index (χ0) is 19.3. The van der Waals surface area contributed by atoms with E-state index in [0.29, 0.717) is 19.0 Å². The maximum Gasteiger partial charge on any atom is 0.251 e. The lowest BCUT2D eigenvalue weighted by atomic mass is 9.87. The summed E-state index contributed by atoms with van der Waals surface area (Å²) in [6, 6.07) is 2.63. The number of nitrogens with zero attached hydrogens (tertiary/aromatic N) is 2. The Kier molecular flexibility index (Phi) is 7.00. The van der Waals surface area contributed by atoms with Crippen molar-refractivity contribution in [1.82, 2.24) is 14.2 Å². The number of carbonyl (C=O) groups is 1. The first-order chi connectivity index (χ1) is 12.3. The lowest BCUT2D eigenvalue weighted by Crippen LogP contribution is -2.41. The Morgan fingerprint density at radius 3 is 2.58 bits per heavy atom. The second-order valence-electron chi connectivity index (χ2n) is 6.96. The molecule has 2 rings (SSSR count). The number of hydrogen-bond donors (Lipinski definition) is 1. The van der Waals surface area contributed by atoms with E-state index in [1.54, 1.807) is 13.8 Å². The summed E-state index contributed by atoms with van der Waals surface area (Å²) >= 11 is 0. The number of rotatable bonds is 7. The average Bonchev–Trinajstić information content (AvgIpc) is 2.57. The molecular weight excluding hydrogens is 354 g/mol. The van der Waals surface area contributed by atoms with E-state index in [1.165, 1.54) is 29.1 Å². The molecular formula is C18H29N3O4S. The molecule has 0 aliphatic heterocycles. The van der Waals surface area contributed by atoms with E-state index >= 15 is 0 Å². The van der Waals surface area contributed by atoms with Gasteiger partial charge in [-0.15, -0.1) is 0 Å². The Bertz CT molecular complexity index is 784. The number of pyridine rings is 1. The third-order valence-corrected chi connectivity index (χ3v) is 6.95. The number of carbonyl (C=O) groups excluding carboxylic acids is 1. The predicted octanol–water partition coefficient (Wildman–Crippen LogP) is 1.57. The molecule has 0 bridgehead atoms. The third kappa shape index (κ3) is 4.94. The van der Waals surface area contributed by atoms with Gasteiger partial charge in [-0.3, -0.25) is 9.59 Å². The topological polar surface area (TPSA) is 88.5 Å². The summed E-state index contributed by atoms with van der Waals surface area (Å²) in [5.74, 6) is 0.322. The highest BCUT2D eigenvalue weighted by molar-refractivity contribution is 7.89. The lowest BCUT2D eigenvalue weighted by Gasteiger charge is -2.27. The Morgan fingerprint density at radius 1 is 1.27 bits per heavy atom. The van der Waals surface area contributed by atoms with Crippen LogP contribution in [0.25, 0.3) is 0 Å². The lowest BCUT2D eigenvalue weighted by molar-refractivity contribution is -0.122. The third-order valence-electron chi connectivity index (χ3n) is 4.91. The van der Waals surface area contributed by atoms with Gasteiger partial charge in [0.05, 0.1) is 4.90 Å². The van der Waals surface area contributed by atoms with Crippen LogP contribution in [0.4, 0.5) is 0 Å². The van der Waals surface area contributed by atoms with E-state index in [9.17, 15) is 18.0 Å². The Labute approximate surface area is 155 Å². The van der Waals surface area contributed by atoms with Crippen molar-refractivity contribution in [3.63, 3.8) is 0 Å². The SMILES string of the molecule is CCN(CC)S(=O)(=O)c1ccc(=O)n(CC(=O)NC2CCCC(C)C2)c1. The molecule has 1 saturated carbocycles. The van der Waals surface area contributed by atoms with Crippen molar-refractivity contribution in [3.05, 3.63) is 28.7 Å². The van der Waals surface area contributed by atoms with Crippen LogP contribution in [0.3, 0.4) is 0 Å². The molecule has 1 N–H and O–H groups in total. The van der Waals surface area contributed by atoms with E-state index in [1.807, 2.05) is 0 Å². The van der Waals surface area contributed by atoms with Crippen LogP contribution in [-0.2, 0) is 21.4 Å². The summed E-state index contributed by atoms with van der Waals surface area (Å²) in [6.07, 6.45) is 5.41. The highest BCUT2D eigenvalue weighted by atomic mass is 32.2. The first-order valence-corrected chi connectivity index (χ1v) is 10.7. The van der Waals surface area contributed by atoms with Gasteiger partial charge in [-0.1, -0.05) is 33.6 Å². The largest absolute Gasteiger partial charge is 0.352 e. The molecule has 1 aromatic rings. The van der Waals surface area contributed by atoms with Crippen LogP contribution in [0.1, 0.15) is 46.5 Å². The maximum atomic E-state index is 12.6. The van der Waals surface area contributed by atoms with Crippen molar-refractivity contribution in [2.45, 2.75) is 63.9 Å². The van der Waals surface area contributed by atoms with Crippen molar-refractivity contribution in [1.29, 1.82) is 0 Å². The molecule has 0 aromatic carbocycles. The fourth-order valence-electron chi connectivity index (χ4n) is 3.49. The molecule has 8 heteroatoms. The van der Waals surface area contributed by atoms with Crippen molar-refractivity contribution in [2.75, 3.05) is 13.1 Å². The van der Waals surface area contributed by atoms with E-state index < -0.39 is 15.6 Å². The maximum absolute atomic E-state index is 12.6. The van der Waals surface area contributed by atoms with Gasteiger partial charge < -0.3 is 9.88 Å². The molecule has 26 heavy (non-hydrogen) atoms. The minimum absolute atomic E-state index is 0.0277. The summed E-state index contributed by atoms with van der Waals surface area (Å²) < 4.78 is 27.7. The number of amides is 1. The number of sulfonamides is 1. The molecule has 1 aliphatic rings. The minimum Gasteiger partial charge on any atom is -0.352 e. The van der Waals surface area contributed by atoms with Gasteiger partial charge in [0.1, 0.15) is 6.54 Å². The Morgan fingerprint density at radius 2 is 1.96 bits per heavy atom. The van der Waals surface area contributed by atoms with Gasteiger partial charge in [0.15, 0.2) is 0 Å². The van der Waals surface area contributed by atoms with Gasteiger partial charge in [-0.2, -0.15) is 4.31 Å². The zero-order valence-electron chi connectivity index (χ0n) is 15.8. The summed E-state index contributed by atoms with van der Waals surface area (Å²) in [6.45, 7) is 6.21. The first-order valence-electron chi connectivity index (χ1n) is 9.27. The van der Waals surface area contributed by atoms with Gasteiger partial charge in [0, 0.05) is 31.4 Å². The molecule has 7 nitrogen and oxygen atoms in total. The molecule has 146 valence electrons. The van der Waals surface area contributed by atoms with Crippen LogP contribution in [0.5, 0.6) is 0 Å². The quantitative estimate of drug-likeness (QED) is 0.774. The van der Waals surface area contributed by atoms with Crippen molar-refractivity contribution < 1.29 is 13.2 Å². The average molecular weight is 384 g/mol. The molecule has 1 fully saturated rings. The smallest absolute Gasteiger partial charge is 0.251 e. The molecule has 0 saturated heterocycles. The first kappa shape index (κ1) is 20.6. The predicted molar refractivity (Wildman–Crippen MR) is 100 cm³/mol. The van der Waals surface area contributed by atoms with Crippen LogP contribution in [0, 0.1) is 5.92 Å². The summed E-state index contributed by atoms with van der Waals surface area (Å²) in [7, 11) is -3.67. The van der Waals surface area contributed by atoms with Gasteiger partial charge in [0.25, 0.3) is 5.56 Å². The van der Waals surface area contributed by atoms with Crippen LogP contribution < -0.4 is 10.9 Å². The standard InChI is InChI=1S/C18H29N3O4S/c1-4-21(5-2)26(24,25)16-9-10-18(23)20(12-16)13-17(22)19-15-8-6-7-14(3)11-15/h9-10,12,14-15H,4-8,11,13H2,1-3H3,(H,19,22). The number of hydrogen-bond acceptors (Lipinski definition) is 4. The van der Waals surface area contributed by atoms with E-state index in [2.05, 4.69) is 12.2 Å². The fourth-order valence-corrected chi connectivity index (χ4v) is 4.97. The molecule has 1 aromatic heterocycles. The normalized spacial score (nSPS) is 20.9. The Balaban J connectivity index is 2.14. The van der Waals surface area contributed by atoms with Gasteiger partial charge in [-0.25, -0.2) is 8.42 Å². The minimum atomic E-state index is -3.67. The van der Waals surface area contributed by atoms with Crippen molar-refractivity contribution in [3.8, 4) is 0 Å². The molecule has 1 heterocycles. The van der Waals surface area contributed by atoms with Crippen LogP contribution >= 0.6 is 0 Å². The molecule has 2 unspecified atom stereocenters. The van der Waals surface area contributed by atoms with Crippen LogP contribution in [0.15, 0.2) is 28.0 Å². The molecule has 1 amide bonds. The van der Waals surface area contributed by atoms with Gasteiger partial charge >= 0.3 is 0 Å². The molecule has 1 aliphatic carbocycles. The van der Waals surface area contributed by atoms with E-state index in [4.69, 9.17) is 0 Å². The monoisotopic (exact) mass is 383 g/mol. The second kappa shape index (κ2) is 8.81. The zero-order valence-corrected chi connectivity index (χ0v) is 16.6. The number of aromatic nitrogens is 1.